The third kappa shape index (κ3) is 13.8. The van der Waals surface area contributed by atoms with Gasteiger partial charge < -0.3 is 0 Å². The molecule has 0 spiro atoms. The smallest absolute Gasteiger partial charge is 0.235 e. The summed E-state index contributed by atoms with van der Waals surface area (Å²) >= 11 is 6.16. The van der Waals surface area contributed by atoms with Gasteiger partial charge in [-0.05, 0) is 168 Å². The van der Waals surface area contributed by atoms with Crippen LogP contribution in [0.4, 0.5) is 5.69 Å². The highest BCUT2D eigenvalue weighted by Crippen LogP contribution is 2.42. The predicted molar refractivity (Wildman–Crippen MR) is 423 cm³/mol. The van der Waals surface area contributed by atoms with Gasteiger partial charge in [0, 0.05) is 33.0 Å². The van der Waals surface area contributed by atoms with Crippen molar-refractivity contribution >= 4 is 39.1 Å². The first kappa shape index (κ1) is 64.0. The van der Waals surface area contributed by atoms with Crippen molar-refractivity contribution in [3.8, 4) is 135 Å². The fraction of sp³-hybridized carbons (Fsp3) is 0.0105. The van der Waals surface area contributed by atoms with Gasteiger partial charge in [-0.15, -0.1) is 0 Å². The Morgan fingerprint density at radius 3 is 0.942 bits per heavy atom. The van der Waals surface area contributed by atoms with E-state index in [-0.39, 0.29) is 5.28 Å². The van der Waals surface area contributed by atoms with Gasteiger partial charge >= 0.3 is 0 Å². The molecule has 0 aliphatic heterocycles. The molecule has 0 radical (unpaired) electrons. The van der Waals surface area contributed by atoms with Crippen LogP contribution in [-0.2, 0) is 6.42 Å². The van der Waals surface area contributed by atoms with E-state index in [1.54, 1.807) is 0 Å². The van der Waals surface area contributed by atoms with E-state index in [0.717, 1.165) is 107 Å². The lowest BCUT2D eigenvalue weighted by molar-refractivity contribution is 0.996. The molecule has 0 saturated carbocycles. The summed E-state index contributed by atoms with van der Waals surface area (Å²) in [5, 5.41) is 11.7. The summed E-state index contributed by atoms with van der Waals surface area (Å²) in [6.45, 7) is 7.04. The van der Waals surface area contributed by atoms with Crippen molar-refractivity contribution in [3.05, 3.63) is 397 Å². The number of fused-ring (bicyclic) bond motifs is 6. The van der Waals surface area contributed by atoms with E-state index in [2.05, 4.69) is 262 Å². The van der Waals surface area contributed by atoms with Crippen molar-refractivity contribution in [2.75, 3.05) is 0 Å². The summed E-state index contributed by atoms with van der Waals surface area (Å²) in [6, 6.07) is 128. The largest absolute Gasteiger partial charge is 0.278 e. The molecule has 18 rings (SSSR count). The fourth-order valence-corrected chi connectivity index (χ4v) is 13.7. The number of benzene rings is 14. The molecule has 484 valence electrons. The lowest BCUT2D eigenvalue weighted by Crippen LogP contribution is -2.04. The van der Waals surface area contributed by atoms with Gasteiger partial charge in [0.15, 0.2) is 5.69 Å². The van der Waals surface area contributed by atoms with E-state index in [4.69, 9.17) is 28.1 Å². The standard InChI is InChI=1S/C47H30N4.C25H18.C23H14ClN3/c48-31-32-16-18-35(19-17-32)36-20-22-38(23-21-36)44-30-43(37-14-8-3-9-15-37)49-47(50-44)51-45-26-24-39(33-10-4-1-5-11-33)28-41(45)42-29-40(25-27-46(42)51)34-12-6-2-7-13-34;1-3-7-18(8-4-1)20-11-13-22-15-23-14-12-21(17-25(23)24(22)16-20)19-9-5-2-6-10-19;1-25-20-13-11-17(12-14-20)16-7-9-19(10-8-16)22-15-21(26-23(24)27-22)18-5-3-2-4-6-18/h1-30H;1-14,16-17H,15H2;2-15H. The van der Waals surface area contributed by atoms with Gasteiger partial charge in [-0.25, -0.2) is 24.8 Å². The van der Waals surface area contributed by atoms with Crippen molar-refractivity contribution in [2.45, 2.75) is 6.42 Å². The first-order chi connectivity index (χ1) is 50.8. The molecule has 103 heavy (non-hydrogen) atoms. The Morgan fingerprint density at radius 1 is 0.301 bits per heavy atom. The highest BCUT2D eigenvalue weighted by atomic mass is 35.5. The Hall–Kier alpha value is -13.7. The molecular weight excluding hydrogens is 1270 g/mol. The lowest BCUT2D eigenvalue weighted by Gasteiger charge is -2.12. The minimum Gasteiger partial charge on any atom is -0.278 e. The number of nitriles is 1. The molecular formula is C95H62ClN7. The Morgan fingerprint density at radius 2 is 0.583 bits per heavy atom. The maximum atomic E-state index is 9.23. The van der Waals surface area contributed by atoms with Crippen LogP contribution in [0.25, 0.3) is 156 Å². The minimum absolute atomic E-state index is 0.227. The molecule has 0 amide bonds. The van der Waals surface area contributed by atoms with Crippen molar-refractivity contribution in [2.24, 2.45) is 0 Å². The van der Waals surface area contributed by atoms with Crippen LogP contribution in [0.3, 0.4) is 0 Å². The second-order valence-corrected chi connectivity index (χ2v) is 25.6. The number of halogens is 1. The molecule has 0 atom stereocenters. The van der Waals surface area contributed by atoms with Crippen LogP contribution in [0.15, 0.2) is 364 Å². The quantitative estimate of drug-likeness (QED) is 0.0951. The second kappa shape index (κ2) is 29.0. The second-order valence-electron chi connectivity index (χ2n) is 25.3. The van der Waals surface area contributed by atoms with Gasteiger partial charge in [0.2, 0.25) is 11.2 Å². The number of hydrogen-bond donors (Lipinski definition) is 0. The Labute approximate surface area is 603 Å². The molecule has 7 nitrogen and oxygen atoms in total. The topological polar surface area (TPSA) is 84.6 Å². The Bertz CT molecular complexity index is 5790. The zero-order valence-electron chi connectivity index (χ0n) is 55.9. The van der Waals surface area contributed by atoms with Crippen LogP contribution >= 0.6 is 11.6 Å². The van der Waals surface area contributed by atoms with Gasteiger partial charge in [0.1, 0.15) is 0 Å². The van der Waals surface area contributed by atoms with Crippen LogP contribution in [-0.4, -0.2) is 24.5 Å². The molecule has 8 heteroatoms. The number of hydrogen-bond acceptors (Lipinski definition) is 5. The summed E-state index contributed by atoms with van der Waals surface area (Å²) < 4.78 is 2.20. The molecule has 0 unspecified atom stereocenters. The summed E-state index contributed by atoms with van der Waals surface area (Å²) in [6.07, 6.45) is 1.04. The Balaban J connectivity index is 0.000000132. The van der Waals surface area contributed by atoms with Gasteiger partial charge in [-0.1, -0.05) is 303 Å². The van der Waals surface area contributed by atoms with Crippen molar-refractivity contribution in [1.82, 2.24) is 24.5 Å². The van der Waals surface area contributed by atoms with Gasteiger partial charge in [0.05, 0.1) is 52.0 Å². The summed E-state index contributed by atoms with van der Waals surface area (Å²) in [4.78, 5) is 22.7. The molecule has 0 N–H and O–H groups in total. The first-order valence-electron chi connectivity index (χ1n) is 34.1. The van der Waals surface area contributed by atoms with E-state index >= 15 is 0 Å². The van der Waals surface area contributed by atoms with Gasteiger partial charge in [-0.3, -0.25) is 4.57 Å². The van der Waals surface area contributed by atoms with Gasteiger partial charge in [-0.2, -0.15) is 5.26 Å². The number of aromatic nitrogens is 5. The maximum Gasteiger partial charge on any atom is 0.235 e. The third-order valence-corrected chi connectivity index (χ3v) is 19.0. The third-order valence-electron chi connectivity index (χ3n) is 18.9. The van der Waals surface area contributed by atoms with Crippen molar-refractivity contribution in [1.29, 1.82) is 5.26 Å². The highest BCUT2D eigenvalue weighted by Gasteiger charge is 2.22. The van der Waals surface area contributed by atoms with Crippen LogP contribution in [0.1, 0.15) is 16.7 Å². The zero-order valence-corrected chi connectivity index (χ0v) is 56.6. The lowest BCUT2D eigenvalue weighted by atomic mass is 9.96. The summed E-state index contributed by atoms with van der Waals surface area (Å²) in [7, 11) is 0. The number of nitrogens with zero attached hydrogens (tertiary/aromatic N) is 7. The van der Waals surface area contributed by atoms with Gasteiger partial charge in [0.25, 0.3) is 0 Å². The van der Waals surface area contributed by atoms with Crippen LogP contribution < -0.4 is 0 Å². The number of rotatable bonds is 11. The maximum absolute atomic E-state index is 9.23. The predicted octanol–water partition coefficient (Wildman–Crippen LogP) is 25.1. The zero-order chi connectivity index (χ0) is 69.4. The molecule has 0 saturated heterocycles. The average Bonchev–Trinajstić information content (AvgIpc) is 1.59. The molecule has 1 aliphatic rings. The van der Waals surface area contributed by atoms with Crippen molar-refractivity contribution < 1.29 is 0 Å². The fourth-order valence-electron chi connectivity index (χ4n) is 13.5. The molecule has 3 heterocycles. The molecule has 0 fully saturated rings. The average molecular weight is 1340 g/mol. The first-order valence-corrected chi connectivity index (χ1v) is 34.5. The van der Waals surface area contributed by atoms with Crippen LogP contribution in [0, 0.1) is 17.9 Å². The van der Waals surface area contributed by atoms with E-state index in [0.29, 0.717) is 17.2 Å². The van der Waals surface area contributed by atoms with Crippen molar-refractivity contribution in [3.63, 3.8) is 0 Å². The Kier molecular flexibility index (Phi) is 18.0. The SMILES string of the molecule is N#Cc1ccc(-c2ccc(-c3cc(-c4ccccc4)nc(-n4c5ccc(-c6ccccc6)cc5c5cc(-c6ccccc6)ccc54)n3)cc2)cc1.[C-]#[N+]c1ccc(-c2ccc(-c3cc(-c4ccccc4)nc(Cl)n3)cc2)cc1.c1ccc(-c2ccc3c(c2)-c2cc(-c4ccccc4)ccc2C3)cc1. The molecule has 17 aromatic rings. The normalized spacial score (nSPS) is 11.1. The summed E-state index contributed by atoms with van der Waals surface area (Å²) in [5.41, 5.74) is 30.3. The highest BCUT2D eigenvalue weighted by molar-refractivity contribution is 6.28. The molecule has 1 aliphatic carbocycles. The molecule has 3 aromatic heterocycles. The minimum atomic E-state index is 0.227. The van der Waals surface area contributed by atoms with E-state index in [1.807, 2.05) is 127 Å². The van der Waals surface area contributed by atoms with Crippen LogP contribution in [0.2, 0.25) is 5.28 Å². The van der Waals surface area contributed by atoms with Crippen LogP contribution in [0.5, 0.6) is 0 Å². The molecule has 14 aromatic carbocycles. The van der Waals surface area contributed by atoms with E-state index in [1.165, 1.54) is 55.6 Å². The van der Waals surface area contributed by atoms with E-state index in [9.17, 15) is 5.26 Å². The van der Waals surface area contributed by atoms with E-state index < -0.39 is 0 Å². The molecule has 0 bridgehead atoms. The monoisotopic (exact) mass is 1340 g/mol. The summed E-state index contributed by atoms with van der Waals surface area (Å²) in [5.74, 6) is 0.613.